The summed E-state index contributed by atoms with van der Waals surface area (Å²) in [6.07, 6.45) is 0. The summed E-state index contributed by atoms with van der Waals surface area (Å²) in [6.45, 7) is 0.254. The van der Waals surface area contributed by atoms with Gasteiger partial charge < -0.3 is 16.2 Å². The van der Waals surface area contributed by atoms with E-state index in [2.05, 4.69) is 0 Å². The fraction of sp³-hybridized carbons (Fsp3) is 0.667. The molecule has 4 N–H and O–H groups in total. The van der Waals surface area contributed by atoms with Gasteiger partial charge in [0.2, 0.25) is 5.91 Å². The van der Waals surface area contributed by atoms with E-state index in [1.54, 1.807) is 0 Å². The number of nitrogens with two attached hydrogens (primary N) is 2. The number of carbonyl (C=O) groups is 2. The van der Waals surface area contributed by atoms with Gasteiger partial charge in [0.1, 0.15) is 5.92 Å². The summed E-state index contributed by atoms with van der Waals surface area (Å²) in [5, 5.41) is 0. The highest BCUT2D eigenvalue weighted by Gasteiger charge is 2.33. The highest BCUT2D eigenvalue weighted by molar-refractivity contribution is 6.03. The van der Waals surface area contributed by atoms with Crippen molar-refractivity contribution in [2.75, 3.05) is 13.2 Å². The summed E-state index contributed by atoms with van der Waals surface area (Å²) in [5.41, 5.74) is 10.2. The molecule has 0 saturated carbocycles. The molecule has 1 rings (SSSR count). The summed E-state index contributed by atoms with van der Waals surface area (Å²) < 4.78 is 4.88. The Bertz CT molecular complexity index is 192. The zero-order valence-electron chi connectivity index (χ0n) is 5.95. The first-order valence-electron chi connectivity index (χ1n) is 3.29. The molecular formula is C6H10N2O3. The van der Waals surface area contributed by atoms with Crippen LogP contribution in [0.25, 0.3) is 0 Å². The largest absolute Gasteiger partial charge is 0.378 e. The number of ketones is 1. The number of Topliss-reactive ketones (excluding diaryl/α,β-unsaturated/α-hetero) is 1. The van der Waals surface area contributed by atoms with Gasteiger partial charge in [0.15, 0.2) is 5.78 Å². The van der Waals surface area contributed by atoms with Crippen LogP contribution in [0.2, 0.25) is 0 Å². The van der Waals surface area contributed by atoms with Crippen LogP contribution in [-0.2, 0) is 14.3 Å². The SMILES string of the molecule is NC(=O)C1COCC(N)C1=O. The van der Waals surface area contributed by atoms with Gasteiger partial charge in [-0.25, -0.2) is 0 Å². The monoisotopic (exact) mass is 158 g/mol. The Labute approximate surface area is 63.7 Å². The lowest BCUT2D eigenvalue weighted by Gasteiger charge is -2.22. The summed E-state index contributed by atoms with van der Waals surface area (Å²) >= 11 is 0. The second-order valence-corrected chi connectivity index (χ2v) is 2.50. The number of primary amides is 1. The minimum absolute atomic E-state index is 0.0713. The quantitative estimate of drug-likeness (QED) is 0.432. The van der Waals surface area contributed by atoms with Gasteiger partial charge in [0.05, 0.1) is 19.3 Å². The Morgan fingerprint density at radius 2 is 2.18 bits per heavy atom. The Hall–Kier alpha value is -0.940. The molecule has 0 aromatic carbocycles. The molecule has 0 spiro atoms. The number of hydrogen-bond donors (Lipinski definition) is 2. The highest BCUT2D eigenvalue weighted by atomic mass is 16.5. The molecule has 11 heavy (non-hydrogen) atoms. The van der Waals surface area contributed by atoms with E-state index in [9.17, 15) is 9.59 Å². The van der Waals surface area contributed by atoms with Crippen LogP contribution in [0.5, 0.6) is 0 Å². The van der Waals surface area contributed by atoms with E-state index < -0.39 is 17.9 Å². The van der Waals surface area contributed by atoms with Gasteiger partial charge >= 0.3 is 0 Å². The minimum Gasteiger partial charge on any atom is -0.378 e. The van der Waals surface area contributed by atoms with Crippen molar-refractivity contribution < 1.29 is 14.3 Å². The Morgan fingerprint density at radius 1 is 1.55 bits per heavy atom. The van der Waals surface area contributed by atoms with Gasteiger partial charge in [-0.2, -0.15) is 0 Å². The third-order valence-corrected chi connectivity index (χ3v) is 1.63. The molecule has 1 saturated heterocycles. The number of hydrogen-bond acceptors (Lipinski definition) is 4. The number of ether oxygens (including phenoxy) is 1. The number of amides is 1. The van der Waals surface area contributed by atoms with Crippen LogP contribution < -0.4 is 11.5 Å². The lowest BCUT2D eigenvalue weighted by molar-refractivity contribution is -0.140. The van der Waals surface area contributed by atoms with Crippen LogP contribution in [0.1, 0.15) is 0 Å². The van der Waals surface area contributed by atoms with Crippen LogP contribution in [0, 0.1) is 5.92 Å². The molecular weight excluding hydrogens is 148 g/mol. The van der Waals surface area contributed by atoms with Crippen molar-refractivity contribution in [3.63, 3.8) is 0 Å². The number of carbonyl (C=O) groups excluding carboxylic acids is 2. The molecule has 5 heteroatoms. The van der Waals surface area contributed by atoms with E-state index in [1.807, 2.05) is 0 Å². The molecule has 0 radical (unpaired) electrons. The molecule has 0 aromatic heterocycles. The van der Waals surface area contributed by atoms with Crippen LogP contribution in [0.4, 0.5) is 0 Å². The van der Waals surface area contributed by atoms with Crippen molar-refractivity contribution in [2.45, 2.75) is 6.04 Å². The molecule has 2 unspecified atom stereocenters. The zero-order valence-corrected chi connectivity index (χ0v) is 5.95. The highest BCUT2D eigenvalue weighted by Crippen LogP contribution is 2.07. The van der Waals surface area contributed by atoms with Crippen molar-refractivity contribution >= 4 is 11.7 Å². The van der Waals surface area contributed by atoms with Crippen LogP contribution >= 0.6 is 0 Å². The molecule has 0 aromatic rings. The summed E-state index contributed by atoms with van der Waals surface area (Å²) in [5.74, 6) is -1.83. The third kappa shape index (κ3) is 1.55. The lowest BCUT2D eigenvalue weighted by Crippen LogP contribution is -2.50. The smallest absolute Gasteiger partial charge is 0.230 e. The third-order valence-electron chi connectivity index (χ3n) is 1.63. The fourth-order valence-electron chi connectivity index (χ4n) is 0.958. The first kappa shape index (κ1) is 8.16. The fourth-order valence-corrected chi connectivity index (χ4v) is 0.958. The molecule has 0 bridgehead atoms. The molecule has 2 atom stereocenters. The van der Waals surface area contributed by atoms with Gasteiger partial charge in [0.25, 0.3) is 0 Å². The normalized spacial score (nSPS) is 31.9. The average Bonchev–Trinajstić information content (AvgIpc) is 1.94. The summed E-state index contributed by atoms with van der Waals surface area (Å²) in [6, 6.07) is -0.693. The second-order valence-electron chi connectivity index (χ2n) is 2.50. The Balaban J connectivity index is 2.66. The predicted octanol–water partition coefficient (Wildman–Crippen LogP) is -1.99. The summed E-state index contributed by atoms with van der Waals surface area (Å²) in [4.78, 5) is 21.6. The molecule has 1 heterocycles. The standard InChI is InChI=1S/C6H10N2O3/c7-4-2-11-1-3(5(4)9)6(8)10/h3-4H,1-2,7H2,(H2,8,10). The van der Waals surface area contributed by atoms with Crippen molar-refractivity contribution in [1.82, 2.24) is 0 Å². The lowest BCUT2D eigenvalue weighted by atomic mass is 9.97. The van der Waals surface area contributed by atoms with Crippen molar-refractivity contribution in [2.24, 2.45) is 17.4 Å². The Morgan fingerprint density at radius 3 is 2.64 bits per heavy atom. The predicted molar refractivity (Wildman–Crippen MR) is 36.5 cm³/mol. The maximum atomic E-state index is 11.1. The van der Waals surface area contributed by atoms with Gasteiger partial charge in [0, 0.05) is 0 Å². The molecule has 1 aliphatic rings. The maximum Gasteiger partial charge on any atom is 0.230 e. The van der Waals surface area contributed by atoms with E-state index in [-0.39, 0.29) is 19.0 Å². The van der Waals surface area contributed by atoms with Gasteiger partial charge in [-0.3, -0.25) is 9.59 Å². The minimum atomic E-state index is -0.848. The van der Waals surface area contributed by atoms with Crippen LogP contribution in [0.15, 0.2) is 0 Å². The molecule has 5 nitrogen and oxygen atoms in total. The number of rotatable bonds is 1. The maximum absolute atomic E-state index is 11.1. The van der Waals surface area contributed by atoms with Gasteiger partial charge in [-0.05, 0) is 0 Å². The van der Waals surface area contributed by atoms with E-state index in [0.29, 0.717) is 0 Å². The molecule has 1 aliphatic heterocycles. The molecule has 62 valence electrons. The molecule has 1 amide bonds. The topological polar surface area (TPSA) is 95.4 Å². The van der Waals surface area contributed by atoms with Crippen molar-refractivity contribution in [3.05, 3.63) is 0 Å². The first-order valence-corrected chi connectivity index (χ1v) is 3.29. The average molecular weight is 158 g/mol. The van der Waals surface area contributed by atoms with Crippen molar-refractivity contribution in [1.29, 1.82) is 0 Å². The molecule has 0 aliphatic carbocycles. The van der Waals surface area contributed by atoms with E-state index in [1.165, 1.54) is 0 Å². The molecule has 1 fully saturated rings. The van der Waals surface area contributed by atoms with Crippen molar-refractivity contribution in [3.8, 4) is 0 Å². The van der Waals surface area contributed by atoms with E-state index >= 15 is 0 Å². The Kier molecular flexibility index (Phi) is 2.21. The van der Waals surface area contributed by atoms with E-state index in [0.717, 1.165) is 0 Å². The zero-order chi connectivity index (χ0) is 8.43. The summed E-state index contributed by atoms with van der Waals surface area (Å²) in [7, 11) is 0. The van der Waals surface area contributed by atoms with E-state index in [4.69, 9.17) is 16.2 Å². The van der Waals surface area contributed by atoms with Crippen LogP contribution in [0.3, 0.4) is 0 Å². The van der Waals surface area contributed by atoms with Crippen LogP contribution in [-0.4, -0.2) is 30.9 Å². The van der Waals surface area contributed by atoms with Gasteiger partial charge in [-0.1, -0.05) is 0 Å². The second kappa shape index (κ2) is 2.98. The van der Waals surface area contributed by atoms with Gasteiger partial charge in [-0.15, -0.1) is 0 Å². The first-order chi connectivity index (χ1) is 5.13.